The van der Waals surface area contributed by atoms with E-state index in [0.29, 0.717) is 18.0 Å². The molecule has 1 aliphatic heterocycles. The predicted molar refractivity (Wildman–Crippen MR) is 86.6 cm³/mol. The minimum Gasteiger partial charge on any atom is -0.311 e. The van der Waals surface area contributed by atoms with E-state index < -0.39 is 0 Å². The van der Waals surface area contributed by atoms with Gasteiger partial charge in [0.1, 0.15) is 0 Å². The molecule has 2 rings (SSSR count). The molecule has 1 aliphatic carbocycles. The number of piperazine rings is 1. The summed E-state index contributed by atoms with van der Waals surface area (Å²) >= 11 is 3.55. The average molecular weight is 329 g/mol. The Kier molecular flexibility index (Phi) is 5.91. The van der Waals surface area contributed by atoms with Crippen molar-refractivity contribution >= 4 is 15.9 Å². The molecule has 0 bridgehead atoms. The fourth-order valence-electron chi connectivity index (χ4n) is 3.77. The zero-order valence-electron chi connectivity index (χ0n) is 12.5. The number of rotatable bonds is 4. The highest BCUT2D eigenvalue weighted by Crippen LogP contribution is 2.29. The van der Waals surface area contributed by atoms with Gasteiger partial charge in [0.15, 0.2) is 0 Å². The number of nitrogens with one attached hydrogen (secondary N) is 1. The first kappa shape index (κ1) is 15.5. The molecule has 0 spiro atoms. The monoisotopic (exact) mass is 328 g/mol. The van der Waals surface area contributed by atoms with Crippen LogP contribution in [0, 0.1) is 11.8 Å². The summed E-state index contributed by atoms with van der Waals surface area (Å²) in [6.45, 7) is 12.0. The summed E-state index contributed by atoms with van der Waals surface area (Å²) in [6, 6.07) is 1.34. The molecule has 2 atom stereocenters. The maximum atomic E-state index is 4.04. The lowest BCUT2D eigenvalue weighted by Gasteiger charge is -2.45. The molecule has 2 unspecified atom stereocenters. The summed E-state index contributed by atoms with van der Waals surface area (Å²) in [7, 11) is 0. The first-order valence-corrected chi connectivity index (χ1v) is 8.68. The summed E-state index contributed by atoms with van der Waals surface area (Å²) in [5.74, 6) is 1.60. The van der Waals surface area contributed by atoms with Gasteiger partial charge < -0.3 is 5.32 Å². The van der Waals surface area contributed by atoms with E-state index >= 15 is 0 Å². The van der Waals surface area contributed by atoms with E-state index in [4.69, 9.17) is 0 Å². The van der Waals surface area contributed by atoms with Crippen LogP contribution in [0.25, 0.3) is 0 Å². The van der Waals surface area contributed by atoms with Crippen LogP contribution in [0.2, 0.25) is 0 Å². The van der Waals surface area contributed by atoms with Crippen LogP contribution in [0.1, 0.15) is 46.0 Å². The molecule has 0 radical (unpaired) electrons. The molecule has 2 nitrogen and oxygen atoms in total. The van der Waals surface area contributed by atoms with E-state index in [9.17, 15) is 0 Å². The van der Waals surface area contributed by atoms with Crippen molar-refractivity contribution in [2.24, 2.45) is 11.8 Å². The Hall–Kier alpha value is 0.140. The minimum absolute atomic E-state index is 0.647. The molecule has 1 heterocycles. The fourth-order valence-corrected chi connectivity index (χ4v) is 4.09. The maximum Gasteiger partial charge on any atom is 0.0298 e. The maximum absolute atomic E-state index is 4.04. The molecule has 1 N–H and O–H groups in total. The van der Waals surface area contributed by atoms with Crippen molar-refractivity contribution < 1.29 is 0 Å². The molecule has 19 heavy (non-hydrogen) atoms. The van der Waals surface area contributed by atoms with Gasteiger partial charge in [-0.2, -0.15) is 0 Å². The van der Waals surface area contributed by atoms with Gasteiger partial charge in [-0.15, -0.1) is 0 Å². The highest BCUT2D eigenvalue weighted by Gasteiger charge is 2.33. The van der Waals surface area contributed by atoms with Crippen LogP contribution < -0.4 is 5.32 Å². The Labute approximate surface area is 127 Å². The highest BCUT2D eigenvalue weighted by atomic mass is 79.9. The van der Waals surface area contributed by atoms with Gasteiger partial charge in [-0.25, -0.2) is 0 Å². The van der Waals surface area contributed by atoms with Crippen LogP contribution in [-0.4, -0.2) is 36.6 Å². The molecule has 2 fully saturated rings. The van der Waals surface area contributed by atoms with Crippen molar-refractivity contribution in [3.63, 3.8) is 0 Å². The summed E-state index contributed by atoms with van der Waals surface area (Å²) in [5.41, 5.74) is 0. The second kappa shape index (κ2) is 7.24. The quantitative estimate of drug-likeness (QED) is 0.844. The summed E-state index contributed by atoms with van der Waals surface area (Å²) in [4.78, 5) is 2.64. The molecule has 0 aromatic rings. The number of nitrogens with zero attached hydrogens (tertiary/aromatic N) is 1. The average Bonchev–Trinajstić information content (AvgIpc) is 2.38. The second-order valence-electron chi connectivity index (χ2n) is 6.67. The standard InChI is InChI=1S/C16H29BrN2/c1-12(2)16-9-18-15(11-19(16)10-13(3)17)14-7-5-4-6-8-14/h12,14-16,18H,3-11H2,1-2H3. The molecular formula is C16H29BrN2. The SMILES string of the molecule is C=C(Br)CN1CC(C2CCCCC2)NCC1C(C)C. The Balaban J connectivity index is 1.96. The molecule has 0 aromatic carbocycles. The summed E-state index contributed by atoms with van der Waals surface area (Å²) in [5, 5.41) is 3.84. The van der Waals surface area contributed by atoms with E-state index in [2.05, 4.69) is 46.6 Å². The summed E-state index contributed by atoms with van der Waals surface area (Å²) < 4.78 is 1.11. The first-order chi connectivity index (χ1) is 9.08. The van der Waals surface area contributed by atoms with Crippen molar-refractivity contribution in [3.05, 3.63) is 11.1 Å². The van der Waals surface area contributed by atoms with E-state index in [1.165, 1.54) is 38.6 Å². The van der Waals surface area contributed by atoms with Crippen molar-refractivity contribution in [3.8, 4) is 0 Å². The molecule has 1 saturated carbocycles. The van der Waals surface area contributed by atoms with Gasteiger partial charge in [0.05, 0.1) is 0 Å². The molecule has 2 aliphatic rings. The van der Waals surface area contributed by atoms with E-state index in [1.54, 1.807) is 0 Å². The molecular weight excluding hydrogens is 300 g/mol. The topological polar surface area (TPSA) is 15.3 Å². The number of hydrogen-bond donors (Lipinski definition) is 1. The third-order valence-electron chi connectivity index (χ3n) is 4.85. The van der Waals surface area contributed by atoms with Crippen LogP contribution in [0.4, 0.5) is 0 Å². The zero-order chi connectivity index (χ0) is 13.8. The number of hydrogen-bond acceptors (Lipinski definition) is 2. The van der Waals surface area contributed by atoms with E-state index in [0.717, 1.165) is 23.5 Å². The Bertz CT molecular complexity index is 297. The highest BCUT2D eigenvalue weighted by molar-refractivity contribution is 9.11. The third-order valence-corrected chi connectivity index (χ3v) is 5.10. The van der Waals surface area contributed by atoms with E-state index in [-0.39, 0.29) is 0 Å². The van der Waals surface area contributed by atoms with Gasteiger partial charge in [-0.1, -0.05) is 55.6 Å². The smallest absolute Gasteiger partial charge is 0.0298 e. The summed E-state index contributed by atoms with van der Waals surface area (Å²) in [6.07, 6.45) is 7.16. The van der Waals surface area contributed by atoms with Crippen molar-refractivity contribution in [1.29, 1.82) is 0 Å². The molecule has 0 aromatic heterocycles. The van der Waals surface area contributed by atoms with Crippen LogP contribution in [0.5, 0.6) is 0 Å². The van der Waals surface area contributed by atoms with Gasteiger partial charge in [-0.3, -0.25) is 4.90 Å². The van der Waals surface area contributed by atoms with Gasteiger partial charge in [-0.05, 0) is 24.7 Å². The number of halogens is 1. The zero-order valence-corrected chi connectivity index (χ0v) is 14.1. The van der Waals surface area contributed by atoms with Crippen molar-refractivity contribution in [2.45, 2.75) is 58.0 Å². The Morgan fingerprint density at radius 3 is 2.58 bits per heavy atom. The minimum atomic E-state index is 0.647. The lowest BCUT2D eigenvalue weighted by Crippen LogP contribution is -2.60. The Morgan fingerprint density at radius 2 is 2.00 bits per heavy atom. The van der Waals surface area contributed by atoms with Gasteiger partial charge in [0, 0.05) is 36.2 Å². The van der Waals surface area contributed by atoms with Crippen LogP contribution in [0.15, 0.2) is 11.1 Å². The van der Waals surface area contributed by atoms with Gasteiger partial charge in [0.2, 0.25) is 0 Å². The van der Waals surface area contributed by atoms with Gasteiger partial charge in [0.25, 0.3) is 0 Å². The normalized spacial score (nSPS) is 30.7. The predicted octanol–water partition coefficient (Wildman–Crippen LogP) is 3.77. The van der Waals surface area contributed by atoms with Crippen LogP contribution in [0.3, 0.4) is 0 Å². The van der Waals surface area contributed by atoms with Crippen LogP contribution >= 0.6 is 15.9 Å². The molecule has 0 amide bonds. The lowest BCUT2D eigenvalue weighted by molar-refractivity contribution is 0.0819. The first-order valence-electron chi connectivity index (χ1n) is 7.88. The second-order valence-corrected chi connectivity index (χ2v) is 7.79. The van der Waals surface area contributed by atoms with E-state index in [1.807, 2.05) is 0 Å². The lowest BCUT2D eigenvalue weighted by atomic mass is 9.82. The molecule has 1 saturated heterocycles. The van der Waals surface area contributed by atoms with Gasteiger partial charge >= 0.3 is 0 Å². The third kappa shape index (κ3) is 4.30. The van der Waals surface area contributed by atoms with Crippen molar-refractivity contribution in [1.82, 2.24) is 10.2 Å². The molecule has 3 heteroatoms. The Morgan fingerprint density at radius 1 is 1.32 bits per heavy atom. The van der Waals surface area contributed by atoms with Crippen LogP contribution in [-0.2, 0) is 0 Å². The van der Waals surface area contributed by atoms with Crippen molar-refractivity contribution in [2.75, 3.05) is 19.6 Å². The largest absolute Gasteiger partial charge is 0.311 e. The fraction of sp³-hybridized carbons (Fsp3) is 0.875. The molecule has 110 valence electrons.